The van der Waals surface area contributed by atoms with Gasteiger partial charge in [0, 0.05) is 51.3 Å². The van der Waals surface area contributed by atoms with E-state index in [4.69, 9.17) is 14.5 Å². The van der Waals surface area contributed by atoms with Crippen LogP contribution in [0.25, 0.3) is 0 Å². The molecule has 0 saturated carbocycles. The Bertz CT molecular complexity index is 737. The number of hydrogen-bond acceptors (Lipinski definition) is 6. The minimum atomic E-state index is -0.356. The lowest BCUT2D eigenvalue weighted by Gasteiger charge is -2.38. The molecule has 2 aromatic rings. The molecule has 138 valence electrons. The molecule has 26 heavy (non-hydrogen) atoms. The van der Waals surface area contributed by atoms with Crippen molar-refractivity contribution in [2.24, 2.45) is 0 Å². The van der Waals surface area contributed by atoms with Crippen LogP contribution in [-0.4, -0.2) is 49.1 Å². The molecule has 0 amide bonds. The number of aryl methyl sites for hydroxylation is 1. The van der Waals surface area contributed by atoms with Crippen molar-refractivity contribution in [3.05, 3.63) is 47.7 Å². The second kappa shape index (κ2) is 7.21. The topological polar surface area (TPSA) is 50.7 Å². The fraction of sp³-hybridized carbons (Fsp3) is 0.500. The zero-order chi connectivity index (χ0) is 18.0. The van der Waals surface area contributed by atoms with Gasteiger partial charge in [-0.2, -0.15) is 4.98 Å². The number of ether oxygens (including phenoxy) is 2. The van der Waals surface area contributed by atoms with Crippen molar-refractivity contribution >= 4 is 11.8 Å². The summed E-state index contributed by atoms with van der Waals surface area (Å²) in [5.74, 6) is 1.39. The highest BCUT2D eigenvalue weighted by Crippen LogP contribution is 2.33. The smallest absolute Gasteiger partial charge is 0.227 e. The molecule has 2 aliphatic heterocycles. The Kier molecular flexibility index (Phi) is 4.78. The predicted molar refractivity (Wildman–Crippen MR) is 101 cm³/mol. The highest BCUT2D eigenvalue weighted by Gasteiger charge is 2.40. The monoisotopic (exact) mass is 354 g/mol. The molecular weight excluding hydrogens is 328 g/mol. The fourth-order valence-electron chi connectivity index (χ4n) is 3.66. The van der Waals surface area contributed by atoms with Crippen molar-refractivity contribution in [3.63, 3.8) is 0 Å². The summed E-state index contributed by atoms with van der Waals surface area (Å²) >= 11 is 0. The summed E-state index contributed by atoms with van der Waals surface area (Å²) in [7, 11) is 2.04. The van der Waals surface area contributed by atoms with E-state index >= 15 is 0 Å². The van der Waals surface area contributed by atoms with Crippen LogP contribution in [0, 0.1) is 6.92 Å². The van der Waals surface area contributed by atoms with Crippen LogP contribution in [0.1, 0.15) is 24.1 Å². The van der Waals surface area contributed by atoms with Crippen LogP contribution in [0.3, 0.4) is 0 Å². The van der Waals surface area contributed by atoms with E-state index in [1.54, 1.807) is 0 Å². The maximum absolute atomic E-state index is 5.83. The molecule has 1 aromatic heterocycles. The van der Waals surface area contributed by atoms with Gasteiger partial charge in [0.2, 0.25) is 5.95 Å². The second-order valence-electron chi connectivity index (χ2n) is 7.10. The van der Waals surface area contributed by atoms with E-state index in [2.05, 4.69) is 45.1 Å². The summed E-state index contributed by atoms with van der Waals surface area (Å²) in [5, 5.41) is 0. The molecule has 2 saturated heterocycles. The molecule has 2 aliphatic rings. The van der Waals surface area contributed by atoms with Gasteiger partial charge in [0.25, 0.3) is 0 Å². The molecule has 0 bridgehead atoms. The molecule has 6 nitrogen and oxygen atoms in total. The maximum atomic E-state index is 5.83. The third-order valence-corrected chi connectivity index (χ3v) is 5.10. The van der Waals surface area contributed by atoms with Crippen LogP contribution >= 0.6 is 0 Å². The summed E-state index contributed by atoms with van der Waals surface area (Å²) in [4.78, 5) is 13.9. The van der Waals surface area contributed by atoms with Gasteiger partial charge in [0.1, 0.15) is 5.82 Å². The summed E-state index contributed by atoms with van der Waals surface area (Å²) in [6.07, 6.45) is 1.76. The molecule has 1 aromatic carbocycles. The number of aromatic nitrogens is 2. The van der Waals surface area contributed by atoms with Gasteiger partial charge in [-0.05, 0) is 12.5 Å². The Morgan fingerprint density at radius 1 is 1.08 bits per heavy atom. The van der Waals surface area contributed by atoms with Crippen molar-refractivity contribution < 1.29 is 9.47 Å². The zero-order valence-corrected chi connectivity index (χ0v) is 15.5. The van der Waals surface area contributed by atoms with E-state index in [0.717, 1.165) is 49.9 Å². The Hall–Kier alpha value is -2.18. The third kappa shape index (κ3) is 3.66. The lowest BCUT2D eigenvalue weighted by Crippen LogP contribution is -2.45. The molecule has 0 unspecified atom stereocenters. The average Bonchev–Trinajstić information content (AvgIpc) is 3.10. The van der Waals surface area contributed by atoms with Gasteiger partial charge < -0.3 is 19.3 Å². The van der Waals surface area contributed by atoms with Gasteiger partial charge >= 0.3 is 0 Å². The standard InChI is InChI=1S/C20H26N4O2/c1-16-14-18(24-10-8-20(9-11-24)25-12-13-26-20)22-19(21-16)23(2)15-17-6-4-3-5-7-17/h3-7,14H,8-13,15H2,1-2H3. The molecule has 0 N–H and O–H groups in total. The quantitative estimate of drug-likeness (QED) is 0.842. The van der Waals surface area contributed by atoms with Crippen LogP contribution < -0.4 is 9.80 Å². The Morgan fingerprint density at radius 2 is 1.77 bits per heavy atom. The maximum Gasteiger partial charge on any atom is 0.227 e. The Labute approximate surface area is 154 Å². The molecule has 0 radical (unpaired) electrons. The van der Waals surface area contributed by atoms with Crippen molar-refractivity contribution in [1.82, 2.24) is 9.97 Å². The summed E-state index contributed by atoms with van der Waals surface area (Å²) in [6, 6.07) is 12.5. The largest absolute Gasteiger partial charge is 0.356 e. The van der Waals surface area contributed by atoms with Gasteiger partial charge in [-0.1, -0.05) is 30.3 Å². The first kappa shape index (κ1) is 17.2. The Balaban J connectivity index is 1.47. The lowest BCUT2D eigenvalue weighted by molar-refractivity contribution is -0.169. The Morgan fingerprint density at radius 3 is 2.46 bits per heavy atom. The summed E-state index contributed by atoms with van der Waals surface area (Å²) in [5.41, 5.74) is 2.23. The van der Waals surface area contributed by atoms with Crippen molar-refractivity contribution in [1.29, 1.82) is 0 Å². The first-order valence-corrected chi connectivity index (χ1v) is 9.27. The van der Waals surface area contributed by atoms with Crippen LogP contribution in [0.15, 0.2) is 36.4 Å². The number of nitrogens with zero attached hydrogens (tertiary/aromatic N) is 4. The van der Waals surface area contributed by atoms with Gasteiger partial charge in [-0.15, -0.1) is 0 Å². The van der Waals surface area contributed by atoms with Crippen molar-refractivity contribution in [2.75, 3.05) is 43.2 Å². The highest BCUT2D eigenvalue weighted by atomic mass is 16.7. The first-order chi connectivity index (χ1) is 12.6. The number of rotatable bonds is 4. The second-order valence-corrected chi connectivity index (χ2v) is 7.10. The molecule has 0 atom stereocenters. The highest BCUT2D eigenvalue weighted by molar-refractivity contribution is 5.46. The first-order valence-electron chi connectivity index (χ1n) is 9.27. The number of anilines is 2. The van der Waals surface area contributed by atoms with Crippen LogP contribution in [0.2, 0.25) is 0 Å². The zero-order valence-electron chi connectivity index (χ0n) is 15.5. The van der Waals surface area contributed by atoms with E-state index in [0.29, 0.717) is 13.2 Å². The molecule has 1 spiro atoms. The number of hydrogen-bond donors (Lipinski definition) is 0. The van der Waals surface area contributed by atoms with Crippen LogP contribution in [0.4, 0.5) is 11.8 Å². The lowest BCUT2D eigenvalue weighted by atomic mass is 10.0. The molecule has 4 rings (SSSR count). The molecule has 3 heterocycles. The van der Waals surface area contributed by atoms with E-state index in [1.807, 2.05) is 20.0 Å². The van der Waals surface area contributed by atoms with Gasteiger partial charge in [0.15, 0.2) is 5.79 Å². The minimum absolute atomic E-state index is 0.356. The van der Waals surface area contributed by atoms with Crippen molar-refractivity contribution in [2.45, 2.75) is 32.1 Å². The van der Waals surface area contributed by atoms with Crippen LogP contribution in [-0.2, 0) is 16.0 Å². The van der Waals surface area contributed by atoms with E-state index in [1.165, 1.54) is 5.56 Å². The number of benzene rings is 1. The summed E-state index contributed by atoms with van der Waals surface area (Å²) in [6.45, 7) is 6.01. The predicted octanol–water partition coefficient (Wildman–Crippen LogP) is 2.76. The van der Waals surface area contributed by atoms with E-state index < -0.39 is 0 Å². The number of piperidine rings is 1. The molecule has 6 heteroatoms. The average molecular weight is 354 g/mol. The normalized spacial score (nSPS) is 19.1. The minimum Gasteiger partial charge on any atom is -0.356 e. The fourth-order valence-corrected chi connectivity index (χ4v) is 3.66. The molecule has 2 fully saturated rings. The van der Waals surface area contributed by atoms with Crippen LogP contribution in [0.5, 0.6) is 0 Å². The van der Waals surface area contributed by atoms with E-state index in [-0.39, 0.29) is 5.79 Å². The van der Waals surface area contributed by atoms with Gasteiger partial charge in [-0.3, -0.25) is 0 Å². The van der Waals surface area contributed by atoms with Gasteiger partial charge in [-0.25, -0.2) is 4.98 Å². The molecule has 0 aliphatic carbocycles. The third-order valence-electron chi connectivity index (χ3n) is 5.10. The summed E-state index contributed by atoms with van der Waals surface area (Å²) < 4.78 is 11.7. The molecular formula is C20H26N4O2. The van der Waals surface area contributed by atoms with Crippen molar-refractivity contribution in [3.8, 4) is 0 Å². The van der Waals surface area contributed by atoms with Gasteiger partial charge in [0.05, 0.1) is 13.2 Å². The van der Waals surface area contributed by atoms with E-state index in [9.17, 15) is 0 Å². The SMILES string of the molecule is Cc1cc(N2CCC3(CC2)OCCO3)nc(N(C)Cc2ccccc2)n1.